The third-order valence-electron chi connectivity index (χ3n) is 3.48. The van der Waals surface area contributed by atoms with E-state index in [1.54, 1.807) is 4.68 Å². The molecule has 0 saturated heterocycles. The van der Waals surface area contributed by atoms with Crippen LogP contribution in [0.2, 0.25) is 0 Å². The van der Waals surface area contributed by atoms with Gasteiger partial charge in [-0.25, -0.2) is 0 Å². The van der Waals surface area contributed by atoms with Gasteiger partial charge in [-0.15, -0.1) is 0 Å². The zero-order valence-corrected chi connectivity index (χ0v) is 11.7. The zero-order chi connectivity index (χ0) is 13.8. The van der Waals surface area contributed by atoms with Crippen LogP contribution < -0.4 is 0 Å². The molecule has 0 aliphatic heterocycles. The second-order valence-electron chi connectivity index (χ2n) is 5.03. The van der Waals surface area contributed by atoms with Crippen LogP contribution in [-0.2, 0) is 13.6 Å². The van der Waals surface area contributed by atoms with Gasteiger partial charge in [0.05, 0.1) is 12.3 Å². The van der Waals surface area contributed by atoms with E-state index in [4.69, 9.17) is 0 Å². The van der Waals surface area contributed by atoms with Gasteiger partial charge in [0.25, 0.3) is 0 Å². The van der Waals surface area contributed by atoms with Crippen molar-refractivity contribution < 1.29 is 5.11 Å². The molecule has 2 aromatic rings. The normalized spacial score (nSPS) is 14.6. The first-order chi connectivity index (χ1) is 9.08. The number of aliphatic hydroxyl groups excluding tert-OH is 1. The van der Waals surface area contributed by atoms with Crippen LogP contribution in [0.4, 0.5) is 0 Å². The Morgan fingerprint density at radius 3 is 2.58 bits per heavy atom. The Labute approximate surface area is 114 Å². The number of aliphatic hydroxyl groups is 1. The third kappa shape index (κ3) is 3.43. The lowest BCUT2D eigenvalue weighted by molar-refractivity contribution is 0.0688. The summed E-state index contributed by atoms with van der Waals surface area (Å²) in [6.07, 6.45) is 3.37. The van der Waals surface area contributed by atoms with Gasteiger partial charge in [0.15, 0.2) is 0 Å². The fourth-order valence-corrected chi connectivity index (χ4v) is 2.16. The molecule has 19 heavy (non-hydrogen) atoms. The fraction of sp³-hybridized carbons (Fsp3) is 0.400. The second kappa shape index (κ2) is 5.99. The van der Waals surface area contributed by atoms with Crippen molar-refractivity contribution in [2.45, 2.75) is 25.6 Å². The molecule has 4 heteroatoms. The number of aromatic nitrogens is 2. The van der Waals surface area contributed by atoms with Crippen molar-refractivity contribution in [3.8, 4) is 0 Å². The van der Waals surface area contributed by atoms with Gasteiger partial charge in [-0.3, -0.25) is 9.58 Å². The molecule has 0 radical (unpaired) electrons. The molecule has 102 valence electrons. The highest BCUT2D eigenvalue weighted by atomic mass is 16.3. The largest absolute Gasteiger partial charge is 0.387 e. The van der Waals surface area contributed by atoms with Gasteiger partial charge in [-0.2, -0.15) is 5.10 Å². The van der Waals surface area contributed by atoms with Crippen LogP contribution in [0, 0.1) is 0 Å². The van der Waals surface area contributed by atoms with Gasteiger partial charge >= 0.3 is 0 Å². The van der Waals surface area contributed by atoms with Gasteiger partial charge in [-0.05, 0) is 19.5 Å². The molecule has 1 N–H and O–H groups in total. The molecule has 0 amide bonds. The molecule has 2 rings (SSSR count). The highest BCUT2D eigenvalue weighted by Crippen LogP contribution is 2.20. The Kier molecular flexibility index (Phi) is 4.35. The number of hydrogen-bond donors (Lipinski definition) is 1. The Morgan fingerprint density at radius 2 is 2.00 bits per heavy atom. The van der Waals surface area contributed by atoms with Gasteiger partial charge in [0.1, 0.15) is 0 Å². The van der Waals surface area contributed by atoms with E-state index in [-0.39, 0.29) is 6.04 Å². The van der Waals surface area contributed by atoms with Crippen molar-refractivity contribution in [2.24, 2.45) is 7.05 Å². The Hall–Kier alpha value is -1.65. The van der Waals surface area contributed by atoms with E-state index in [0.29, 0.717) is 0 Å². The summed E-state index contributed by atoms with van der Waals surface area (Å²) in [4.78, 5) is 2.13. The van der Waals surface area contributed by atoms with Crippen LogP contribution in [0.25, 0.3) is 0 Å². The highest BCUT2D eigenvalue weighted by molar-refractivity contribution is 5.18. The maximum absolute atomic E-state index is 10.4. The summed E-state index contributed by atoms with van der Waals surface area (Å²) >= 11 is 0. The van der Waals surface area contributed by atoms with E-state index in [1.807, 2.05) is 63.7 Å². The van der Waals surface area contributed by atoms with E-state index in [1.165, 1.54) is 0 Å². The molecule has 1 aromatic carbocycles. The predicted octanol–water partition coefficient (Wildman–Crippen LogP) is 1.97. The lowest BCUT2D eigenvalue weighted by Crippen LogP contribution is -2.33. The topological polar surface area (TPSA) is 41.3 Å². The summed E-state index contributed by atoms with van der Waals surface area (Å²) in [7, 11) is 3.93. The minimum Gasteiger partial charge on any atom is -0.387 e. The molecule has 0 aliphatic carbocycles. The molecule has 1 heterocycles. The van der Waals surface area contributed by atoms with E-state index >= 15 is 0 Å². The van der Waals surface area contributed by atoms with Crippen LogP contribution in [0.5, 0.6) is 0 Å². The number of benzene rings is 1. The first-order valence-corrected chi connectivity index (χ1v) is 6.48. The second-order valence-corrected chi connectivity index (χ2v) is 5.03. The summed E-state index contributed by atoms with van der Waals surface area (Å²) in [6.45, 7) is 2.81. The van der Waals surface area contributed by atoms with E-state index < -0.39 is 6.10 Å². The minimum absolute atomic E-state index is 0.0441. The van der Waals surface area contributed by atoms with Gasteiger partial charge in [0.2, 0.25) is 0 Å². The number of nitrogens with zero attached hydrogens (tertiary/aromatic N) is 3. The summed E-state index contributed by atoms with van der Waals surface area (Å²) in [5.74, 6) is 0. The van der Waals surface area contributed by atoms with Gasteiger partial charge < -0.3 is 5.11 Å². The number of likely N-dealkylation sites (N-methyl/N-ethyl adjacent to an activating group) is 1. The minimum atomic E-state index is -0.483. The molecule has 2 unspecified atom stereocenters. The zero-order valence-electron chi connectivity index (χ0n) is 11.7. The van der Waals surface area contributed by atoms with Crippen molar-refractivity contribution >= 4 is 0 Å². The first kappa shape index (κ1) is 13.8. The van der Waals surface area contributed by atoms with Crippen molar-refractivity contribution in [1.82, 2.24) is 14.7 Å². The van der Waals surface area contributed by atoms with Crippen LogP contribution in [0.3, 0.4) is 0 Å². The molecule has 0 bridgehead atoms. The number of rotatable bonds is 5. The average molecular weight is 259 g/mol. The molecule has 0 aliphatic rings. The third-order valence-corrected chi connectivity index (χ3v) is 3.48. The number of aryl methyl sites for hydroxylation is 1. The van der Waals surface area contributed by atoms with Crippen LogP contribution in [0.1, 0.15) is 24.2 Å². The first-order valence-electron chi connectivity index (χ1n) is 6.48. The molecule has 0 fully saturated rings. The van der Waals surface area contributed by atoms with Crippen molar-refractivity contribution in [1.29, 1.82) is 0 Å². The smallest absolute Gasteiger partial charge is 0.0942 e. The van der Waals surface area contributed by atoms with E-state index in [0.717, 1.165) is 17.7 Å². The maximum atomic E-state index is 10.4. The van der Waals surface area contributed by atoms with Crippen LogP contribution in [0.15, 0.2) is 42.7 Å². The summed E-state index contributed by atoms with van der Waals surface area (Å²) in [5, 5.41) is 14.5. The SMILES string of the molecule is CC(C(O)c1ccccc1)N(C)Cc1cnn(C)c1. The highest BCUT2D eigenvalue weighted by Gasteiger charge is 2.20. The Balaban J connectivity index is 2.00. The number of hydrogen-bond acceptors (Lipinski definition) is 3. The van der Waals surface area contributed by atoms with E-state index in [2.05, 4.69) is 10.00 Å². The lowest BCUT2D eigenvalue weighted by Gasteiger charge is -2.28. The molecule has 0 spiro atoms. The molecule has 1 aromatic heterocycles. The Morgan fingerprint density at radius 1 is 1.32 bits per heavy atom. The summed E-state index contributed by atoms with van der Waals surface area (Å²) < 4.78 is 1.79. The van der Waals surface area contributed by atoms with Crippen molar-refractivity contribution in [3.63, 3.8) is 0 Å². The maximum Gasteiger partial charge on any atom is 0.0942 e. The van der Waals surface area contributed by atoms with Crippen molar-refractivity contribution in [2.75, 3.05) is 7.05 Å². The molecule has 2 atom stereocenters. The fourth-order valence-electron chi connectivity index (χ4n) is 2.16. The molecular formula is C15H21N3O. The van der Waals surface area contributed by atoms with Crippen LogP contribution in [-0.4, -0.2) is 32.9 Å². The standard InChI is InChI=1S/C15H21N3O/c1-12(15(19)14-7-5-4-6-8-14)17(2)10-13-9-16-18(3)11-13/h4-9,11-12,15,19H,10H2,1-3H3. The van der Waals surface area contributed by atoms with Gasteiger partial charge in [0, 0.05) is 31.4 Å². The summed E-state index contributed by atoms with van der Waals surface area (Å²) in [5.41, 5.74) is 2.10. The molecule has 0 saturated carbocycles. The quantitative estimate of drug-likeness (QED) is 0.892. The monoisotopic (exact) mass is 259 g/mol. The Bertz CT molecular complexity index is 509. The van der Waals surface area contributed by atoms with Gasteiger partial charge in [-0.1, -0.05) is 30.3 Å². The summed E-state index contributed by atoms with van der Waals surface area (Å²) in [6, 6.07) is 9.82. The average Bonchev–Trinajstić information content (AvgIpc) is 2.83. The molecule has 4 nitrogen and oxygen atoms in total. The lowest BCUT2D eigenvalue weighted by atomic mass is 10.0. The molecular weight excluding hydrogens is 238 g/mol. The van der Waals surface area contributed by atoms with Crippen LogP contribution >= 0.6 is 0 Å². The van der Waals surface area contributed by atoms with Crippen molar-refractivity contribution in [3.05, 3.63) is 53.9 Å². The van der Waals surface area contributed by atoms with E-state index in [9.17, 15) is 5.11 Å². The predicted molar refractivity (Wildman–Crippen MR) is 75.5 cm³/mol.